The van der Waals surface area contributed by atoms with Crippen molar-refractivity contribution in [3.63, 3.8) is 0 Å². The maximum absolute atomic E-state index is 14.4. The minimum atomic E-state index is -2.05. The van der Waals surface area contributed by atoms with E-state index in [2.05, 4.69) is 0 Å². The predicted molar refractivity (Wildman–Crippen MR) is 291 cm³/mol. The van der Waals surface area contributed by atoms with Gasteiger partial charge in [0.1, 0.15) is 66.3 Å². The second-order valence-electron chi connectivity index (χ2n) is 24.2. The molecule has 4 heterocycles. The summed E-state index contributed by atoms with van der Waals surface area (Å²) >= 11 is 0. The van der Waals surface area contributed by atoms with E-state index in [1.807, 2.05) is 0 Å². The normalized spacial score (nSPS) is 43.3. The van der Waals surface area contributed by atoms with Gasteiger partial charge in [0.2, 0.25) is 0 Å². The highest BCUT2D eigenvalue weighted by Gasteiger charge is 2.67. The molecule has 2 aromatic carbocycles. The minimum Gasteiger partial charge on any atom is -0.458 e. The number of aliphatic hydroxyl groups excluding tert-OH is 5. The van der Waals surface area contributed by atoms with Crippen LogP contribution in [0.3, 0.4) is 0 Å². The van der Waals surface area contributed by atoms with Crippen LogP contribution in [-0.2, 0) is 66.4 Å². The van der Waals surface area contributed by atoms with Crippen molar-refractivity contribution in [2.45, 2.75) is 233 Å². The zero-order chi connectivity index (χ0) is 60.6. The maximum Gasteiger partial charge on any atom is 0.338 e. The van der Waals surface area contributed by atoms with Crippen LogP contribution < -0.4 is 0 Å². The molecule has 3 aliphatic carbocycles. The lowest BCUT2D eigenvalue weighted by Gasteiger charge is -2.56. The van der Waals surface area contributed by atoms with Gasteiger partial charge in [0.25, 0.3) is 0 Å². The molecule has 2 aromatic rings. The number of Topliss-reactive ketones (excluding diaryl/α,β-unsaturated/α-hetero) is 1. The Morgan fingerprint density at radius 3 is 1.77 bits per heavy atom. The molecule has 7 aliphatic rings. The highest BCUT2D eigenvalue weighted by Crippen LogP contribution is 2.58. The summed E-state index contributed by atoms with van der Waals surface area (Å²) in [6, 6.07) is 16.3. The standard InChI is InChI=1S/C61H84O23/c1-31-52(82-47-27-41(73-7)53(32(2)76-47)83-48-28-42(74-8)54(33(3)77-48)84-57-51(68)50(67)49(66)43(30-62)80-57)40(64)26-46(75-31)79-37-19-22-58(5)38(39(63)20-23-60(58,71)29-37)25-45(81-56(70)36-17-13-10-14-18-36)59(6)44(65)21-24-61(59,72)34(4)78-55(69)35-15-11-9-12-16-35/h9-18,20,23,31-34,37-38,40-43,45-54,57,62,64,66-68,71-72H,19,21-22,24-30H2,1-8H3/t31-,32-,33+,34+,37+,38+,40+,41+,42-,43-,45-,46+,47+,48+,49-,50+,51-,52-,53-,54+,57+,58-,59-,60+,61-/m1/s1. The van der Waals surface area contributed by atoms with Gasteiger partial charge in [0.05, 0.1) is 71.5 Å². The molecular weight excluding hydrogens is 1100 g/mol. The number of allylic oxidation sites excluding steroid dienone is 1. The topological polar surface area (TPSA) is 321 Å². The number of ketones is 2. The van der Waals surface area contributed by atoms with Gasteiger partial charge in [-0.05, 0) is 96.7 Å². The molecule has 466 valence electrons. The molecule has 25 atom stereocenters. The van der Waals surface area contributed by atoms with Gasteiger partial charge >= 0.3 is 11.9 Å². The van der Waals surface area contributed by atoms with Crippen LogP contribution in [0.2, 0.25) is 0 Å². The lowest BCUT2D eigenvalue weighted by molar-refractivity contribution is -0.357. The van der Waals surface area contributed by atoms with Crippen molar-refractivity contribution in [3.05, 3.63) is 83.9 Å². The predicted octanol–water partition coefficient (Wildman–Crippen LogP) is 2.76. The molecular formula is C61H84O23. The van der Waals surface area contributed by atoms with Crippen LogP contribution in [0.1, 0.15) is 120 Å². The van der Waals surface area contributed by atoms with Crippen LogP contribution in [0.15, 0.2) is 72.8 Å². The Labute approximate surface area is 488 Å². The molecule has 9 rings (SSSR count). The molecule has 2 saturated carbocycles. The molecule has 84 heavy (non-hydrogen) atoms. The molecule has 23 nitrogen and oxygen atoms in total. The molecule has 4 aliphatic heterocycles. The number of ether oxygens (including phenoxy) is 12. The van der Waals surface area contributed by atoms with E-state index in [4.69, 9.17) is 56.8 Å². The summed E-state index contributed by atoms with van der Waals surface area (Å²) in [6.45, 7) is 9.41. The smallest absolute Gasteiger partial charge is 0.338 e. The van der Waals surface area contributed by atoms with Crippen LogP contribution >= 0.6 is 0 Å². The van der Waals surface area contributed by atoms with Gasteiger partial charge < -0.3 is 92.6 Å². The minimum absolute atomic E-state index is 0.00188. The molecule has 0 spiro atoms. The summed E-state index contributed by atoms with van der Waals surface area (Å²) in [4.78, 5) is 56.0. The van der Waals surface area contributed by atoms with E-state index in [0.29, 0.717) is 6.42 Å². The monoisotopic (exact) mass is 1180 g/mol. The number of methoxy groups -OCH3 is 2. The van der Waals surface area contributed by atoms with E-state index < -0.39 is 175 Å². The zero-order valence-corrected chi connectivity index (χ0v) is 48.8. The lowest BCUT2D eigenvalue weighted by Crippen LogP contribution is -2.63. The van der Waals surface area contributed by atoms with E-state index >= 15 is 0 Å². The van der Waals surface area contributed by atoms with Crippen LogP contribution in [0.5, 0.6) is 0 Å². The zero-order valence-electron chi connectivity index (χ0n) is 48.8. The second-order valence-corrected chi connectivity index (χ2v) is 24.2. The van der Waals surface area contributed by atoms with Crippen LogP contribution in [0.4, 0.5) is 0 Å². The number of aliphatic hydroxyl groups is 7. The Morgan fingerprint density at radius 2 is 1.21 bits per heavy atom. The van der Waals surface area contributed by atoms with Crippen molar-refractivity contribution < 1.29 is 112 Å². The number of hydrogen-bond donors (Lipinski definition) is 7. The molecule has 0 bridgehead atoms. The number of carbonyl (C=O) groups is 4. The Bertz CT molecular complexity index is 2600. The molecule has 6 fully saturated rings. The van der Waals surface area contributed by atoms with Crippen molar-refractivity contribution in [3.8, 4) is 0 Å². The SMILES string of the molecule is CO[C@H]1C[C@H](O[C@H]2[C@@H](O)C[C@H](O[C@H]3CC[C@]4(C)[C@@H](C[C@@H](OC(=O)c5ccccc5)[C@@]5(C)C(=O)CC[C@@]5(O)[C@H](C)OC(=O)c5ccccc5)C(=O)C=C[C@]4(O)C3)O[C@@H]2C)O[C@H](C)[C@H]1O[C@H]1C[C@@H](OC)[C@@H](O[C@@H]2O[C@H](CO)[C@@H](O)[C@H](O)[C@H]2O)[C@H](C)O1. The van der Waals surface area contributed by atoms with Crippen LogP contribution in [-0.4, -0.2) is 214 Å². The third-order valence-corrected chi connectivity index (χ3v) is 19.3. The number of carbonyl (C=O) groups excluding carboxylic acids is 4. The van der Waals surface area contributed by atoms with Crippen LogP contribution in [0, 0.1) is 16.7 Å². The van der Waals surface area contributed by atoms with E-state index in [9.17, 15) is 54.9 Å². The first-order valence-electron chi connectivity index (χ1n) is 29.2. The number of rotatable bonds is 19. The van der Waals surface area contributed by atoms with Crippen molar-refractivity contribution in [1.82, 2.24) is 0 Å². The summed E-state index contributed by atoms with van der Waals surface area (Å²) in [7, 11) is 3.02. The van der Waals surface area contributed by atoms with Crippen molar-refractivity contribution >= 4 is 23.5 Å². The second kappa shape index (κ2) is 26.2. The van der Waals surface area contributed by atoms with Gasteiger partial charge in [-0.25, -0.2) is 9.59 Å². The highest BCUT2D eigenvalue weighted by atomic mass is 16.8. The summed E-state index contributed by atoms with van der Waals surface area (Å²) < 4.78 is 73.8. The van der Waals surface area contributed by atoms with E-state index in [1.54, 1.807) is 88.4 Å². The third-order valence-electron chi connectivity index (χ3n) is 19.3. The largest absolute Gasteiger partial charge is 0.458 e. The van der Waals surface area contributed by atoms with Crippen molar-refractivity contribution in [2.75, 3.05) is 20.8 Å². The number of benzene rings is 2. The summed E-state index contributed by atoms with van der Waals surface area (Å²) in [5.41, 5.74) is -6.41. The summed E-state index contributed by atoms with van der Waals surface area (Å²) in [5.74, 6) is -3.38. The van der Waals surface area contributed by atoms with E-state index in [-0.39, 0.29) is 68.3 Å². The van der Waals surface area contributed by atoms with Gasteiger partial charge in [0.15, 0.2) is 30.9 Å². The van der Waals surface area contributed by atoms with Gasteiger partial charge in [-0.1, -0.05) is 43.3 Å². The Hall–Kier alpha value is -4.22. The first kappa shape index (κ1) is 64.3. The van der Waals surface area contributed by atoms with Crippen molar-refractivity contribution in [1.29, 1.82) is 0 Å². The molecule has 0 unspecified atom stereocenters. The fraction of sp³-hybridized carbons (Fsp3) is 0.705. The molecule has 0 amide bonds. The number of esters is 2. The van der Waals surface area contributed by atoms with Gasteiger partial charge in [-0.3, -0.25) is 9.59 Å². The highest BCUT2D eigenvalue weighted by molar-refractivity contribution is 5.95. The average molecular weight is 1190 g/mol. The molecule has 23 heteroatoms. The van der Waals surface area contributed by atoms with Gasteiger partial charge in [-0.15, -0.1) is 0 Å². The number of fused-ring (bicyclic) bond motifs is 1. The van der Waals surface area contributed by atoms with Gasteiger partial charge in [0, 0.05) is 57.7 Å². The molecule has 4 saturated heterocycles. The third kappa shape index (κ3) is 12.6. The Balaban J connectivity index is 0.816. The lowest BCUT2D eigenvalue weighted by atomic mass is 9.52. The summed E-state index contributed by atoms with van der Waals surface area (Å²) in [6.07, 6.45) is -16.7. The fourth-order valence-electron chi connectivity index (χ4n) is 13.9. The molecule has 7 N–H and O–H groups in total. The number of hydrogen-bond acceptors (Lipinski definition) is 23. The Kier molecular flexibility index (Phi) is 20.1. The maximum atomic E-state index is 14.4. The fourth-order valence-corrected chi connectivity index (χ4v) is 13.9. The first-order valence-corrected chi connectivity index (χ1v) is 29.2. The summed E-state index contributed by atoms with van der Waals surface area (Å²) in [5, 5.41) is 77.9. The molecule has 0 radical (unpaired) electrons. The van der Waals surface area contributed by atoms with E-state index in [0.717, 1.165) is 0 Å². The van der Waals surface area contributed by atoms with Gasteiger partial charge in [-0.2, -0.15) is 0 Å². The quantitative estimate of drug-likeness (QED) is 0.0995. The Morgan fingerprint density at radius 1 is 0.679 bits per heavy atom. The first-order chi connectivity index (χ1) is 39.9. The van der Waals surface area contributed by atoms with Crippen molar-refractivity contribution in [2.24, 2.45) is 16.7 Å². The van der Waals surface area contributed by atoms with E-state index in [1.165, 1.54) is 40.2 Å². The average Bonchev–Trinajstić information content (AvgIpc) is 1.51. The molecule has 0 aromatic heterocycles. The van der Waals surface area contributed by atoms with Crippen LogP contribution in [0.25, 0.3) is 0 Å².